The lowest BCUT2D eigenvalue weighted by molar-refractivity contribution is -0.389. The summed E-state index contributed by atoms with van der Waals surface area (Å²) in [5.41, 5.74) is -0.180. The molecule has 1 aromatic heterocycles. The lowest BCUT2D eigenvalue weighted by Gasteiger charge is -2.01. The average Bonchev–Trinajstić information content (AvgIpc) is 2.32. The third-order valence-electron chi connectivity index (χ3n) is 2.21. The molecule has 0 spiro atoms. The summed E-state index contributed by atoms with van der Waals surface area (Å²) in [6, 6.07) is 7.43. The molecule has 2 aromatic rings. The highest BCUT2D eigenvalue weighted by molar-refractivity contribution is 7.99. The number of hydrogen-bond acceptors (Lipinski definition) is 5. The van der Waals surface area contributed by atoms with Gasteiger partial charge in [0.1, 0.15) is 0 Å². The third-order valence-corrected chi connectivity index (χ3v) is 3.21. The number of hydrogen-bond donors (Lipinski definition) is 1. The van der Waals surface area contributed by atoms with E-state index in [1.165, 1.54) is 0 Å². The Hall–Kier alpha value is -2.15. The molecule has 0 radical (unpaired) electrons. The van der Waals surface area contributed by atoms with E-state index in [2.05, 4.69) is 9.97 Å². The van der Waals surface area contributed by atoms with E-state index in [-0.39, 0.29) is 5.03 Å². The van der Waals surface area contributed by atoms with E-state index in [1.54, 1.807) is 0 Å². The predicted molar refractivity (Wildman–Crippen MR) is 66.8 cm³/mol. The summed E-state index contributed by atoms with van der Waals surface area (Å²) in [5.74, 6) is 0. The molecule has 0 atom stereocenters. The van der Waals surface area contributed by atoms with Crippen molar-refractivity contribution < 1.29 is 4.92 Å². The standard InChI is InChI=1S/C11H9N3O3S/c1-7-2-4-8(5-3-7)18-11-9(14(16)17)10(15)12-6-13-11/h2-6H,1H3,(H,12,13,15). The Kier molecular flexibility index (Phi) is 3.42. The molecule has 1 heterocycles. The van der Waals surface area contributed by atoms with Gasteiger partial charge in [-0.15, -0.1) is 0 Å². The fourth-order valence-corrected chi connectivity index (χ4v) is 2.19. The highest BCUT2D eigenvalue weighted by atomic mass is 32.2. The molecule has 0 fully saturated rings. The Balaban J connectivity index is 2.40. The van der Waals surface area contributed by atoms with E-state index < -0.39 is 16.2 Å². The molecular formula is C11H9N3O3S. The minimum Gasteiger partial charge on any atom is -0.307 e. The molecule has 0 amide bonds. The van der Waals surface area contributed by atoms with Gasteiger partial charge in [-0.2, -0.15) is 0 Å². The van der Waals surface area contributed by atoms with Crippen molar-refractivity contribution in [3.05, 3.63) is 56.6 Å². The van der Waals surface area contributed by atoms with Gasteiger partial charge in [-0.1, -0.05) is 29.5 Å². The van der Waals surface area contributed by atoms with E-state index in [0.717, 1.165) is 28.5 Å². The number of benzene rings is 1. The van der Waals surface area contributed by atoms with Crippen molar-refractivity contribution in [1.82, 2.24) is 9.97 Å². The second-order valence-corrected chi connectivity index (χ2v) is 4.62. The molecular weight excluding hydrogens is 254 g/mol. The number of H-pyrrole nitrogens is 1. The van der Waals surface area contributed by atoms with Crippen molar-refractivity contribution in [2.24, 2.45) is 0 Å². The van der Waals surface area contributed by atoms with Crippen LogP contribution in [0.1, 0.15) is 5.56 Å². The van der Waals surface area contributed by atoms with E-state index in [4.69, 9.17) is 0 Å². The minimum absolute atomic E-state index is 0.0904. The zero-order chi connectivity index (χ0) is 13.1. The first-order valence-corrected chi connectivity index (χ1v) is 5.86. The average molecular weight is 263 g/mol. The second kappa shape index (κ2) is 5.01. The number of nitrogens with one attached hydrogen (secondary N) is 1. The van der Waals surface area contributed by atoms with Crippen LogP contribution in [0.4, 0.5) is 5.69 Å². The van der Waals surface area contributed by atoms with Gasteiger partial charge in [-0.25, -0.2) is 4.98 Å². The molecule has 0 saturated carbocycles. The number of aromatic nitrogens is 2. The van der Waals surface area contributed by atoms with Crippen molar-refractivity contribution >= 4 is 17.4 Å². The van der Waals surface area contributed by atoms with Crippen LogP contribution < -0.4 is 5.56 Å². The summed E-state index contributed by atoms with van der Waals surface area (Å²) in [7, 11) is 0. The number of nitrogens with zero attached hydrogens (tertiary/aromatic N) is 2. The first kappa shape index (κ1) is 12.3. The predicted octanol–water partition coefficient (Wildman–Crippen LogP) is 2.14. The maximum atomic E-state index is 11.4. The van der Waals surface area contributed by atoms with Crippen LogP contribution >= 0.6 is 11.8 Å². The maximum Gasteiger partial charge on any atom is 0.366 e. The van der Waals surface area contributed by atoms with Crippen LogP contribution in [-0.2, 0) is 0 Å². The van der Waals surface area contributed by atoms with Gasteiger partial charge in [-0.3, -0.25) is 14.9 Å². The van der Waals surface area contributed by atoms with Crippen LogP contribution in [0.2, 0.25) is 0 Å². The van der Waals surface area contributed by atoms with E-state index in [0.29, 0.717) is 0 Å². The molecule has 2 rings (SSSR count). The van der Waals surface area contributed by atoms with Crippen molar-refractivity contribution in [3.63, 3.8) is 0 Å². The van der Waals surface area contributed by atoms with Gasteiger partial charge in [0, 0.05) is 4.90 Å². The van der Waals surface area contributed by atoms with E-state index in [9.17, 15) is 14.9 Å². The molecule has 18 heavy (non-hydrogen) atoms. The minimum atomic E-state index is -0.746. The highest BCUT2D eigenvalue weighted by Gasteiger charge is 2.21. The Morgan fingerprint density at radius 1 is 1.33 bits per heavy atom. The SMILES string of the molecule is Cc1ccc(Sc2nc[nH]c(=O)c2[N+](=O)[O-])cc1. The number of aryl methyl sites for hydroxylation is 1. The third kappa shape index (κ3) is 2.57. The van der Waals surface area contributed by atoms with Crippen LogP contribution in [0.5, 0.6) is 0 Å². The smallest absolute Gasteiger partial charge is 0.307 e. The van der Waals surface area contributed by atoms with Crippen LogP contribution in [0.3, 0.4) is 0 Å². The number of nitro groups is 1. The second-order valence-electron chi connectivity index (χ2n) is 3.56. The zero-order valence-corrected chi connectivity index (χ0v) is 10.2. The van der Waals surface area contributed by atoms with Gasteiger partial charge in [0.05, 0.1) is 11.3 Å². The molecule has 6 nitrogen and oxygen atoms in total. The summed E-state index contributed by atoms with van der Waals surface area (Å²) >= 11 is 1.09. The van der Waals surface area contributed by atoms with E-state index >= 15 is 0 Å². The van der Waals surface area contributed by atoms with Crippen LogP contribution in [0, 0.1) is 17.0 Å². The summed E-state index contributed by atoms with van der Waals surface area (Å²) in [6.07, 6.45) is 1.16. The van der Waals surface area contributed by atoms with Crippen LogP contribution in [-0.4, -0.2) is 14.9 Å². The zero-order valence-electron chi connectivity index (χ0n) is 9.41. The van der Waals surface area contributed by atoms with Gasteiger partial charge in [0.25, 0.3) is 0 Å². The first-order valence-electron chi connectivity index (χ1n) is 5.04. The van der Waals surface area contributed by atoms with Crippen molar-refractivity contribution in [1.29, 1.82) is 0 Å². The lowest BCUT2D eigenvalue weighted by atomic mass is 10.2. The quantitative estimate of drug-likeness (QED) is 0.520. The van der Waals surface area contributed by atoms with Gasteiger partial charge in [0.2, 0.25) is 0 Å². The molecule has 0 aliphatic carbocycles. The van der Waals surface area contributed by atoms with Crippen LogP contribution in [0.25, 0.3) is 0 Å². The normalized spacial score (nSPS) is 10.3. The highest BCUT2D eigenvalue weighted by Crippen LogP contribution is 2.30. The summed E-state index contributed by atoms with van der Waals surface area (Å²) in [6.45, 7) is 1.95. The van der Waals surface area contributed by atoms with Gasteiger partial charge in [-0.05, 0) is 19.1 Å². The summed E-state index contributed by atoms with van der Waals surface area (Å²) < 4.78 is 0. The van der Waals surface area contributed by atoms with Gasteiger partial charge in [0.15, 0.2) is 5.03 Å². The summed E-state index contributed by atoms with van der Waals surface area (Å²) in [4.78, 5) is 28.3. The topological polar surface area (TPSA) is 88.9 Å². The molecule has 92 valence electrons. The fourth-order valence-electron chi connectivity index (χ4n) is 1.33. The van der Waals surface area contributed by atoms with Crippen LogP contribution in [0.15, 0.2) is 45.3 Å². The number of rotatable bonds is 3. The Bertz CT molecular complexity index is 637. The van der Waals surface area contributed by atoms with Crippen molar-refractivity contribution in [2.75, 3.05) is 0 Å². The molecule has 1 N–H and O–H groups in total. The maximum absolute atomic E-state index is 11.4. The molecule has 0 aliphatic heterocycles. The molecule has 0 bridgehead atoms. The first-order chi connectivity index (χ1) is 8.58. The molecule has 7 heteroatoms. The van der Waals surface area contributed by atoms with Gasteiger partial charge >= 0.3 is 11.2 Å². The van der Waals surface area contributed by atoms with E-state index in [1.807, 2.05) is 31.2 Å². The monoisotopic (exact) mass is 263 g/mol. The summed E-state index contributed by atoms with van der Waals surface area (Å²) in [5, 5.41) is 10.9. The van der Waals surface area contributed by atoms with Gasteiger partial charge < -0.3 is 4.98 Å². The lowest BCUT2D eigenvalue weighted by Crippen LogP contribution is -2.13. The van der Waals surface area contributed by atoms with Crippen molar-refractivity contribution in [2.45, 2.75) is 16.8 Å². The largest absolute Gasteiger partial charge is 0.366 e. The molecule has 1 aromatic carbocycles. The Morgan fingerprint density at radius 2 is 2.00 bits per heavy atom. The van der Waals surface area contributed by atoms with Crippen molar-refractivity contribution in [3.8, 4) is 0 Å². The molecule has 0 saturated heterocycles. The molecule has 0 unspecified atom stereocenters. The fraction of sp³-hybridized carbons (Fsp3) is 0.0909. The Labute approximate surface area is 106 Å². The Morgan fingerprint density at radius 3 is 2.61 bits per heavy atom. The number of aromatic amines is 1. The molecule has 0 aliphatic rings.